The van der Waals surface area contributed by atoms with Crippen LogP contribution in [0.2, 0.25) is 0 Å². The van der Waals surface area contributed by atoms with Gasteiger partial charge in [-0.25, -0.2) is 13.2 Å². The summed E-state index contributed by atoms with van der Waals surface area (Å²) in [6, 6.07) is 8.12. The Labute approximate surface area is 154 Å². The van der Waals surface area contributed by atoms with Crippen LogP contribution >= 0.6 is 0 Å². The van der Waals surface area contributed by atoms with Crippen molar-refractivity contribution in [2.24, 2.45) is 0 Å². The Morgan fingerprint density at radius 2 is 1.85 bits per heavy atom. The smallest absolute Gasteiger partial charge is 0.334 e. The molecular weight excluding hydrogens is 356 g/mol. The first-order valence-corrected chi connectivity index (χ1v) is 9.99. The van der Waals surface area contributed by atoms with Crippen molar-refractivity contribution in [2.75, 3.05) is 26.6 Å². The second-order valence-electron chi connectivity index (χ2n) is 5.76. The van der Waals surface area contributed by atoms with Gasteiger partial charge in [0, 0.05) is 18.6 Å². The fraction of sp³-hybridized carbons (Fsp3) is 0.421. The maximum atomic E-state index is 13.1. The molecule has 0 aromatic heterocycles. The zero-order valence-electron chi connectivity index (χ0n) is 15.1. The van der Waals surface area contributed by atoms with Crippen LogP contribution in [0.5, 0.6) is 0 Å². The number of ether oxygens (including phenoxy) is 3. The van der Waals surface area contributed by atoms with E-state index in [2.05, 4.69) is 6.58 Å². The number of carbonyl (C=O) groups is 1. The average Bonchev–Trinajstić information content (AvgIpc) is 2.97. The Kier molecular flexibility index (Phi) is 7.14. The maximum absolute atomic E-state index is 13.1. The van der Waals surface area contributed by atoms with Gasteiger partial charge in [-0.05, 0) is 31.6 Å². The molecule has 0 radical (unpaired) electrons. The molecule has 142 valence electrons. The third-order valence-corrected chi connectivity index (χ3v) is 6.18. The lowest BCUT2D eigenvalue weighted by Gasteiger charge is -2.18. The number of hydrogen-bond acceptors (Lipinski definition) is 6. The summed E-state index contributed by atoms with van der Waals surface area (Å²) >= 11 is 0. The molecule has 1 aromatic rings. The molecule has 0 saturated carbocycles. The van der Waals surface area contributed by atoms with Crippen molar-refractivity contribution in [1.29, 1.82) is 0 Å². The highest BCUT2D eigenvalue weighted by atomic mass is 32.2. The highest BCUT2D eigenvalue weighted by Crippen LogP contribution is 2.38. The van der Waals surface area contributed by atoms with E-state index >= 15 is 0 Å². The molecule has 1 aliphatic carbocycles. The topological polar surface area (TPSA) is 78.9 Å². The first-order valence-electron chi connectivity index (χ1n) is 8.44. The summed E-state index contributed by atoms with van der Waals surface area (Å²) in [6.07, 6.45) is 0.156. The number of rotatable bonds is 9. The lowest BCUT2D eigenvalue weighted by Crippen LogP contribution is -2.26. The van der Waals surface area contributed by atoms with Crippen LogP contribution in [0, 0.1) is 0 Å². The lowest BCUT2D eigenvalue weighted by atomic mass is 10.1. The Bertz CT molecular complexity index is 780. The van der Waals surface area contributed by atoms with Crippen LogP contribution in [0.3, 0.4) is 0 Å². The monoisotopic (exact) mass is 380 g/mol. The van der Waals surface area contributed by atoms with E-state index in [1.807, 2.05) is 6.92 Å². The van der Waals surface area contributed by atoms with Crippen LogP contribution in [0.15, 0.2) is 58.5 Å². The number of sulfone groups is 1. The molecule has 1 aromatic carbocycles. The second kappa shape index (κ2) is 9.12. The van der Waals surface area contributed by atoms with E-state index in [0.29, 0.717) is 23.3 Å². The molecule has 0 amide bonds. The molecular formula is C19H24O6S. The summed E-state index contributed by atoms with van der Waals surface area (Å²) in [5.41, 5.74) is 1.11. The summed E-state index contributed by atoms with van der Waals surface area (Å²) in [7, 11) is -3.75. The summed E-state index contributed by atoms with van der Waals surface area (Å²) in [5.74, 6) is -0.533. The number of benzene rings is 1. The minimum atomic E-state index is -3.75. The van der Waals surface area contributed by atoms with Crippen molar-refractivity contribution in [1.82, 2.24) is 0 Å². The van der Waals surface area contributed by atoms with E-state index in [1.165, 1.54) is 12.1 Å². The van der Waals surface area contributed by atoms with E-state index in [-0.39, 0.29) is 31.3 Å². The van der Waals surface area contributed by atoms with Gasteiger partial charge in [0.25, 0.3) is 0 Å². The molecule has 7 heteroatoms. The summed E-state index contributed by atoms with van der Waals surface area (Å²) < 4.78 is 41.9. The molecule has 0 spiro atoms. The largest absolute Gasteiger partial charge is 0.463 e. The second-order valence-corrected chi connectivity index (χ2v) is 7.79. The van der Waals surface area contributed by atoms with Crippen molar-refractivity contribution in [2.45, 2.75) is 30.4 Å². The minimum Gasteiger partial charge on any atom is -0.463 e. The fourth-order valence-electron chi connectivity index (χ4n) is 2.87. The van der Waals surface area contributed by atoms with E-state index in [1.54, 1.807) is 25.1 Å². The van der Waals surface area contributed by atoms with Gasteiger partial charge in [0.1, 0.15) is 12.0 Å². The van der Waals surface area contributed by atoms with Gasteiger partial charge >= 0.3 is 5.97 Å². The first kappa shape index (κ1) is 20.4. The van der Waals surface area contributed by atoms with Crippen LogP contribution in [0.25, 0.3) is 0 Å². The predicted molar refractivity (Wildman–Crippen MR) is 97.3 cm³/mol. The number of hydrogen-bond donors (Lipinski definition) is 0. The molecule has 1 atom stereocenters. The fourth-order valence-corrected chi connectivity index (χ4v) is 4.78. The number of esters is 1. The molecule has 0 fully saturated rings. The van der Waals surface area contributed by atoms with Gasteiger partial charge in [0.2, 0.25) is 0 Å². The molecule has 1 unspecified atom stereocenters. The SMILES string of the molecule is C=C1CC(C(=O)OCC)=C(COCOCC)C1S(=O)(=O)c1ccccc1. The molecule has 1 aliphatic rings. The zero-order valence-corrected chi connectivity index (χ0v) is 15.9. The third kappa shape index (κ3) is 4.41. The van der Waals surface area contributed by atoms with Crippen LogP contribution in [0.4, 0.5) is 0 Å². The molecule has 0 aliphatic heterocycles. The molecule has 0 heterocycles. The van der Waals surface area contributed by atoms with Crippen LogP contribution in [-0.4, -0.2) is 46.3 Å². The molecule has 0 N–H and O–H groups in total. The van der Waals surface area contributed by atoms with Gasteiger partial charge in [-0.2, -0.15) is 0 Å². The van der Waals surface area contributed by atoms with Crippen LogP contribution in [-0.2, 0) is 28.8 Å². The van der Waals surface area contributed by atoms with Gasteiger partial charge in [-0.15, -0.1) is 0 Å². The van der Waals surface area contributed by atoms with Crippen molar-refractivity contribution < 1.29 is 27.4 Å². The molecule has 26 heavy (non-hydrogen) atoms. The zero-order chi connectivity index (χ0) is 19.2. The van der Waals surface area contributed by atoms with Crippen LogP contribution in [0.1, 0.15) is 20.3 Å². The molecule has 2 rings (SSSR count). The Balaban J connectivity index is 2.41. The van der Waals surface area contributed by atoms with E-state index < -0.39 is 21.1 Å². The van der Waals surface area contributed by atoms with E-state index in [4.69, 9.17) is 14.2 Å². The minimum absolute atomic E-state index is 0.0146. The standard InChI is InChI=1S/C19H24O6S/c1-4-23-13-24-12-17-16(19(20)25-5-2)11-14(3)18(17)26(21,22)15-9-7-6-8-10-15/h6-10,18H,3-5,11-13H2,1-2H3. The quantitative estimate of drug-likeness (QED) is 0.284. The van der Waals surface area contributed by atoms with Gasteiger partial charge in [-0.1, -0.05) is 30.4 Å². The summed E-state index contributed by atoms with van der Waals surface area (Å²) in [4.78, 5) is 12.5. The van der Waals surface area contributed by atoms with Gasteiger partial charge in [0.15, 0.2) is 9.84 Å². The summed E-state index contributed by atoms with van der Waals surface area (Å²) in [6.45, 7) is 8.08. The Morgan fingerprint density at radius 3 is 2.46 bits per heavy atom. The highest BCUT2D eigenvalue weighted by molar-refractivity contribution is 7.92. The van der Waals surface area contributed by atoms with E-state index in [9.17, 15) is 13.2 Å². The predicted octanol–water partition coefficient (Wildman–Crippen LogP) is 2.66. The normalized spacial score (nSPS) is 17.6. The van der Waals surface area contributed by atoms with Crippen molar-refractivity contribution in [3.8, 4) is 0 Å². The van der Waals surface area contributed by atoms with Crippen molar-refractivity contribution >= 4 is 15.8 Å². The van der Waals surface area contributed by atoms with Crippen molar-refractivity contribution in [3.05, 3.63) is 53.6 Å². The first-order chi connectivity index (χ1) is 12.4. The van der Waals surface area contributed by atoms with Crippen molar-refractivity contribution in [3.63, 3.8) is 0 Å². The highest BCUT2D eigenvalue weighted by Gasteiger charge is 2.41. The lowest BCUT2D eigenvalue weighted by molar-refractivity contribution is -0.138. The number of carbonyl (C=O) groups excluding carboxylic acids is 1. The molecule has 0 bridgehead atoms. The summed E-state index contributed by atoms with van der Waals surface area (Å²) in [5, 5.41) is -1.01. The third-order valence-electron chi connectivity index (χ3n) is 4.01. The maximum Gasteiger partial charge on any atom is 0.334 e. The average molecular weight is 380 g/mol. The van der Waals surface area contributed by atoms with E-state index in [0.717, 1.165) is 0 Å². The Morgan fingerprint density at radius 1 is 1.15 bits per heavy atom. The van der Waals surface area contributed by atoms with Crippen LogP contribution < -0.4 is 0 Å². The van der Waals surface area contributed by atoms with Gasteiger partial charge < -0.3 is 14.2 Å². The van der Waals surface area contributed by atoms with Gasteiger partial charge in [0.05, 0.1) is 18.1 Å². The molecule has 6 nitrogen and oxygen atoms in total. The van der Waals surface area contributed by atoms with Gasteiger partial charge in [-0.3, -0.25) is 0 Å². The Hall–Kier alpha value is -1.96. The molecule has 0 saturated heterocycles.